The van der Waals surface area contributed by atoms with Crippen LogP contribution < -0.4 is 24.5 Å². The Hall–Kier alpha value is -2.30. The lowest BCUT2D eigenvalue weighted by Crippen LogP contribution is -2.41. The SMILES string of the molecule is COc1ccc(Br)cc1S(=O)(=O)NNC(=O)c1ccc2c(c1)OCO2. The molecule has 0 aromatic heterocycles. The number of amides is 1. The monoisotopic (exact) mass is 428 g/mol. The largest absolute Gasteiger partial charge is 0.495 e. The van der Waals surface area contributed by atoms with Crippen LogP contribution in [0.25, 0.3) is 0 Å². The van der Waals surface area contributed by atoms with Gasteiger partial charge < -0.3 is 14.2 Å². The fourth-order valence-corrected chi connectivity index (χ4v) is 3.69. The van der Waals surface area contributed by atoms with Crippen molar-refractivity contribution in [1.82, 2.24) is 10.3 Å². The topological polar surface area (TPSA) is 103 Å². The van der Waals surface area contributed by atoms with Gasteiger partial charge in [0.25, 0.3) is 15.9 Å². The van der Waals surface area contributed by atoms with Gasteiger partial charge in [-0.2, -0.15) is 0 Å². The summed E-state index contributed by atoms with van der Waals surface area (Å²) in [5.74, 6) is 0.448. The number of rotatable bonds is 5. The maximum absolute atomic E-state index is 12.4. The molecular weight excluding hydrogens is 416 g/mol. The van der Waals surface area contributed by atoms with Crippen LogP contribution in [0.2, 0.25) is 0 Å². The lowest BCUT2D eigenvalue weighted by atomic mass is 10.2. The molecule has 132 valence electrons. The van der Waals surface area contributed by atoms with E-state index in [0.29, 0.717) is 16.0 Å². The second-order valence-corrected chi connectivity index (χ2v) is 7.49. The third-order valence-electron chi connectivity index (χ3n) is 3.35. The molecule has 2 N–H and O–H groups in total. The molecule has 0 saturated heterocycles. The number of ether oxygens (including phenoxy) is 3. The van der Waals surface area contributed by atoms with Gasteiger partial charge in [0.2, 0.25) is 6.79 Å². The van der Waals surface area contributed by atoms with E-state index < -0.39 is 15.9 Å². The standard InChI is InChI=1S/C15H13BrN2O6S/c1-22-12-5-3-10(16)7-14(12)25(20,21)18-17-15(19)9-2-4-11-13(6-9)24-8-23-11/h2-7,18H,8H2,1H3,(H,17,19). The number of nitrogens with one attached hydrogen (secondary N) is 2. The molecule has 3 rings (SSSR count). The van der Waals surface area contributed by atoms with Crippen LogP contribution in [0.5, 0.6) is 17.2 Å². The van der Waals surface area contributed by atoms with Gasteiger partial charge in [-0.1, -0.05) is 15.9 Å². The average Bonchev–Trinajstić information content (AvgIpc) is 3.07. The van der Waals surface area contributed by atoms with Crippen molar-refractivity contribution < 1.29 is 27.4 Å². The van der Waals surface area contributed by atoms with Crippen molar-refractivity contribution in [2.45, 2.75) is 4.90 Å². The quantitative estimate of drug-likeness (QED) is 0.703. The first-order valence-electron chi connectivity index (χ1n) is 6.96. The molecule has 0 bridgehead atoms. The van der Waals surface area contributed by atoms with Crippen LogP contribution in [0.3, 0.4) is 0 Å². The average molecular weight is 429 g/mol. The van der Waals surface area contributed by atoms with Crippen molar-refractivity contribution in [3.63, 3.8) is 0 Å². The van der Waals surface area contributed by atoms with Crippen molar-refractivity contribution in [3.8, 4) is 17.2 Å². The molecule has 2 aromatic rings. The summed E-state index contributed by atoms with van der Waals surface area (Å²) in [6, 6.07) is 9.04. The van der Waals surface area contributed by atoms with Crippen LogP contribution in [-0.4, -0.2) is 28.2 Å². The van der Waals surface area contributed by atoms with Crippen LogP contribution in [0.15, 0.2) is 45.8 Å². The molecule has 1 heterocycles. The van der Waals surface area contributed by atoms with Crippen LogP contribution in [0.1, 0.15) is 10.4 Å². The molecule has 0 saturated carbocycles. The van der Waals surface area contributed by atoms with E-state index in [1.807, 2.05) is 4.83 Å². The maximum Gasteiger partial charge on any atom is 0.266 e. The molecule has 0 fully saturated rings. The van der Waals surface area contributed by atoms with Gasteiger partial charge in [-0.15, -0.1) is 4.83 Å². The Kier molecular flexibility index (Phi) is 4.84. The van der Waals surface area contributed by atoms with Gasteiger partial charge >= 0.3 is 0 Å². The molecule has 0 aliphatic carbocycles. The third kappa shape index (κ3) is 3.70. The fraction of sp³-hybridized carbons (Fsp3) is 0.133. The molecule has 0 atom stereocenters. The number of carbonyl (C=O) groups is 1. The lowest BCUT2D eigenvalue weighted by molar-refractivity contribution is 0.0944. The summed E-state index contributed by atoms with van der Waals surface area (Å²) in [4.78, 5) is 14.1. The van der Waals surface area contributed by atoms with Crippen molar-refractivity contribution in [3.05, 3.63) is 46.4 Å². The summed E-state index contributed by atoms with van der Waals surface area (Å²) in [7, 11) is -2.68. The number of benzene rings is 2. The number of sulfonamides is 1. The molecule has 1 aliphatic heterocycles. The van der Waals surface area contributed by atoms with Crippen LogP contribution in [0.4, 0.5) is 0 Å². The minimum absolute atomic E-state index is 0.0791. The molecule has 1 aliphatic rings. The van der Waals surface area contributed by atoms with Crippen LogP contribution in [0, 0.1) is 0 Å². The van der Waals surface area contributed by atoms with E-state index in [4.69, 9.17) is 14.2 Å². The van der Waals surface area contributed by atoms with E-state index in [9.17, 15) is 13.2 Å². The van der Waals surface area contributed by atoms with Gasteiger partial charge in [0.15, 0.2) is 11.5 Å². The van der Waals surface area contributed by atoms with Gasteiger partial charge in [0.05, 0.1) is 7.11 Å². The Balaban J connectivity index is 1.76. The first kappa shape index (κ1) is 17.5. The van der Waals surface area contributed by atoms with Crippen LogP contribution in [-0.2, 0) is 10.0 Å². The van der Waals surface area contributed by atoms with E-state index in [-0.39, 0.29) is 23.0 Å². The van der Waals surface area contributed by atoms with Gasteiger partial charge in [-0.05, 0) is 36.4 Å². The minimum Gasteiger partial charge on any atom is -0.495 e. The number of hydrazine groups is 1. The van der Waals surface area contributed by atoms with Crippen molar-refractivity contribution >= 4 is 31.9 Å². The molecular formula is C15H13BrN2O6S. The smallest absolute Gasteiger partial charge is 0.266 e. The first-order valence-corrected chi connectivity index (χ1v) is 9.23. The summed E-state index contributed by atoms with van der Waals surface area (Å²) in [5, 5.41) is 0. The zero-order chi connectivity index (χ0) is 18.0. The molecule has 2 aromatic carbocycles. The highest BCUT2D eigenvalue weighted by molar-refractivity contribution is 9.10. The second-order valence-electron chi connectivity index (χ2n) is 4.92. The maximum atomic E-state index is 12.4. The van der Waals surface area contributed by atoms with E-state index >= 15 is 0 Å². The number of carbonyl (C=O) groups excluding carboxylic acids is 1. The molecule has 0 unspecified atom stereocenters. The Bertz CT molecular complexity index is 932. The Morgan fingerprint density at radius 3 is 2.68 bits per heavy atom. The van der Waals surface area contributed by atoms with Gasteiger partial charge in [0.1, 0.15) is 10.6 Å². The van der Waals surface area contributed by atoms with Gasteiger partial charge in [0, 0.05) is 10.0 Å². The zero-order valence-electron chi connectivity index (χ0n) is 12.9. The summed E-state index contributed by atoms with van der Waals surface area (Å²) in [6.07, 6.45) is 0. The van der Waals surface area contributed by atoms with Crippen molar-refractivity contribution in [2.24, 2.45) is 0 Å². The number of fused-ring (bicyclic) bond motifs is 1. The molecule has 0 radical (unpaired) electrons. The highest BCUT2D eigenvalue weighted by Gasteiger charge is 2.22. The predicted octanol–water partition coefficient (Wildman–Crippen LogP) is 1.81. The number of halogens is 1. The predicted molar refractivity (Wildman–Crippen MR) is 91.0 cm³/mol. The number of hydrogen-bond acceptors (Lipinski definition) is 6. The Morgan fingerprint density at radius 2 is 1.92 bits per heavy atom. The normalized spacial score (nSPS) is 12.7. The molecule has 8 nitrogen and oxygen atoms in total. The lowest BCUT2D eigenvalue weighted by Gasteiger charge is -2.12. The Morgan fingerprint density at radius 1 is 1.16 bits per heavy atom. The second kappa shape index (κ2) is 6.90. The number of methoxy groups -OCH3 is 1. The first-order chi connectivity index (χ1) is 11.9. The molecule has 25 heavy (non-hydrogen) atoms. The van der Waals surface area contributed by atoms with E-state index in [1.165, 1.54) is 31.4 Å². The molecule has 10 heteroatoms. The summed E-state index contributed by atoms with van der Waals surface area (Å²) >= 11 is 3.20. The van der Waals surface area contributed by atoms with Crippen molar-refractivity contribution in [2.75, 3.05) is 13.9 Å². The molecule has 0 spiro atoms. The van der Waals surface area contributed by atoms with Crippen molar-refractivity contribution in [1.29, 1.82) is 0 Å². The van der Waals surface area contributed by atoms with Crippen LogP contribution >= 0.6 is 15.9 Å². The van der Waals surface area contributed by atoms with E-state index in [0.717, 1.165) is 0 Å². The highest BCUT2D eigenvalue weighted by atomic mass is 79.9. The minimum atomic E-state index is -4.03. The zero-order valence-corrected chi connectivity index (χ0v) is 15.3. The highest BCUT2D eigenvalue weighted by Crippen LogP contribution is 2.32. The third-order valence-corrected chi connectivity index (χ3v) is 5.11. The summed E-state index contributed by atoms with van der Waals surface area (Å²) < 4.78 is 40.8. The number of hydrogen-bond donors (Lipinski definition) is 2. The summed E-state index contributed by atoms with van der Waals surface area (Å²) in [6.45, 7) is 0.0791. The molecule has 1 amide bonds. The van der Waals surface area contributed by atoms with Gasteiger partial charge in [-0.25, -0.2) is 8.42 Å². The Labute approximate surface area is 152 Å². The van der Waals surface area contributed by atoms with E-state index in [1.54, 1.807) is 12.1 Å². The van der Waals surface area contributed by atoms with E-state index in [2.05, 4.69) is 21.4 Å². The fourth-order valence-electron chi connectivity index (χ4n) is 2.14. The van der Waals surface area contributed by atoms with Gasteiger partial charge in [-0.3, -0.25) is 10.2 Å². The summed E-state index contributed by atoms with van der Waals surface area (Å²) in [5.41, 5.74) is 2.37.